The molecule has 1 heterocycles. The van der Waals surface area contributed by atoms with Crippen molar-refractivity contribution in [1.29, 1.82) is 0 Å². The van der Waals surface area contributed by atoms with E-state index in [4.69, 9.17) is 5.73 Å². The molecule has 0 aliphatic heterocycles. The van der Waals surface area contributed by atoms with Crippen LogP contribution in [0.2, 0.25) is 0 Å². The largest absolute Gasteiger partial charge is 0.359 e. The van der Waals surface area contributed by atoms with Crippen molar-refractivity contribution in [2.24, 2.45) is 5.73 Å². The van der Waals surface area contributed by atoms with Crippen LogP contribution in [-0.2, 0) is 0 Å². The van der Waals surface area contributed by atoms with Gasteiger partial charge in [-0.3, -0.25) is 4.79 Å². The van der Waals surface area contributed by atoms with Crippen molar-refractivity contribution in [3.63, 3.8) is 0 Å². The quantitative estimate of drug-likeness (QED) is 0.578. The number of rotatable bonds is 2. The van der Waals surface area contributed by atoms with Gasteiger partial charge in [-0.15, -0.1) is 0 Å². The van der Waals surface area contributed by atoms with E-state index in [0.29, 0.717) is 5.69 Å². The second-order valence-corrected chi connectivity index (χ2v) is 2.05. The molecule has 1 unspecified atom stereocenters. The lowest BCUT2D eigenvalue weighted by Crippen LogP contribution is -2.27. The Hall–Kier alpha value is -1.09. The predicted molar refractivity (Wildman–Crippen MR) is 38.5 cm³/mol. The van der Waals surface area contributed by atoms with E-state index in [1.165, 1.54) is 0 Å². The molecule has 0 bridgehead atoms. The minimum absolute atomic E-state index is 0.162. The molecule has 10 heavy (non-hydrogen) atoms. The van der Waals surface area contributed by atoms with E-state index in [9.17, 15) is 4.79 Å². The number of aromatic nitrogens is 1. The van der Waals surface area contributed by atoms with E-state index in [0.717, 1.165) is 0 Å². The van der Waals surface area contributed by atoms with E-state index >= 15 is 0 Å². The molecule has 3 N–H and O–H groups in total. The maximum atomic E-state index is 11.0. The molecule has 1 rings (SSSR count). The molecule has 0 fully saturated rings. The van der Waals surface area contributed by atoms with Gasteiger partial charge in [0.1, 0.15) is 0 Å². The topological polar surface area (TPSA) is 58.9 Å². The SMILES string of the molecule is [CH2]C(N)C(=O)c1ccc[nH]1. The molecular weight excluding hydrogens is 128 g/mol. The Morgan fingerprint density at radius 1 is 1.80 bits per heavy atom. The van der Waals surface area contributed by atoms with Crippen LogP contribution >= 0.6 is 0 Å². The number of carbonyl (C=O) groups is 1. The highest BCUT2D eigenvalue weighted by Crippen LogP contribution is 1.97. The average molecular weight is 137 g/mol. The summed E-state index contributed by atoms with van der Waals surface area (Å²) in [7, 11) is 0. The van der Waals surface area contributed by atoms with Gasteiger partial charge >= 0.3 is 0 Å². The first-order valence-corrected chi connectivity index (χ1v) is 2.98. The van der Waals surface area contributed by atoms with Crippen molar-refractivity contribution in [3.05, 3.63) is 30.9 Å². The van der Waals surface area contributed by atoms with Gasteiger partial charge in [0.15, 0.2) is 5.78 Å². The zero-order chi connectivity index (χ0) is 7.56. The predicted octanol–water partition coefficient (Wildman–Crippen LogP) is 0.359. The highest BCUT2D eigenvalue weighted by Gasteiger charge is 2.09. The molecule has 0 saturated carbocycles. The fourth-order valence-corrected chi connectivity index (χ4v) is 0.683. The van der Waals surface area contributed by atoms with Crippen LogP contribution in [0.5, 0.6) is 0 Å². The molecule has 0 aromatic carbocycles. The van der Waals surface area contributed by atoms with E-state index in [1.54, 1.807) is 18.3 Å². The Balaban J connectivity index is 2.78. The number of carbonyl (C=O) groups excluding carboxylic acids is 1. The van der Waals surface area contributed by atoms with Gasteiger partial charge in [-0.25, -0.2) is 0 Å². The first-order valence-electron chi connectivity index (χ1n) is 2.98. The molecular formula is C7H9N2O. The minimum atomic E-state index is -0.668. The smallest absolute Gasteiger partial charge is 0.195 e. The maximum Gasteiger partial charge on any atom is 0.195 e. The van der Waals surface area contributed by atoms with E-state index in [2.05, 4.69) is 11.9 Å². The Kier molecular flexibility index (Phi) is 1.87. The second-order valence-electron chi connectivity index (χ2n) is 2.05. The number of ketones is 1. The van der Waals surface area contributed by atoms with Gasteiger partial charge in [-0.2, -0.15) is 0 Å². The summed E-state index contributed by atoms with van der Waals surface area (Å²) in [6, 6.07) is 2.75. The van der Waals surface area contributed by atoms with E-state index in [-0.39, 0.29) is 5.78 Å². The van der Waals surface area contributed by atoms with Crippen molar-refractivity contribution < 1.29 is 4.79 Å². The Morgan fingerprint density at radius 2 is 2.50 bits per heavy atom. The number of Topliss-reactive ketones (excluding diaryl/α,β-unsaturated/α-hetero) is 1. The average Bonchev–Trinajstić information content (AvgIpc) is 2.36. The van der Waals surface area contributed by atoms with Gasteiger partial charge in [-0.05, 0) is 19.1 Å². The minimum Gasteiger partial charge on any atom is -0.359 e. The second kappa shape index (κ2) is 2.66. The van der Waals surface area contributed by atoms with Gasteiger partial charge < -0.3 is 10.7 Å². The third-order valence-corrected chi connectivity index (χ3v) is 1.20. The van der Waals surface area contributed by atoms with Crippen LogP contribution in [0.15, 0.2) is 18.3 Å². The summed E-state index contributed by atoms with van der Waals surface area (Å²) in [5.74, 6) is -0.162. The molecule has 1 atom stereocenters. The molecule has 0 amide bonds. The molecule has 3 heteroatoms. The number of hydrogen-bond donors (Lipinski definition) is 2. The number of nitrogens with one attached hydrogen (secondary N) is 1. The normalized spacial score (nSPS) is 13.0. The summed E-state index contributed by atoms with van der Waals surface area (Å²) in [5, 5.41) is 0. The van der Waals surface area contributed by atoms with Crippen LogP contribution < -0.4 is 5.73 Å². The zero-order valence-electron chi connectivity index (χ0n) is 5.50. The fraction of sp³-hybridized carbons (Fsp3) is 0.143. The molecule has 0 spiro atoms. The van der Waals surface area contributed by atoms with Crippen LogP contribution in [0.1, 0.15) is 10.5 Å². The van der Waals surface area contributed by atoms with Crippen molar-refractivity contribution >= 4 is 5.78 Å². The highest BCUT2D eigenvalue weighted by molar-refractivity contribution is 5.98. The monoisotopic (exact) mass is 137 g/mol. The molecule has 0 saturated heterocycles. The molecule has 1 radical (unpaired) electrons. The molecule has 0 aliphatic rings. The summed E-state index contributed by atoms with van der Waals surface area (Å²) in [5.41, 5.74) is 5.76. The van der Waals surface area contributed by atoms with Gasteiger partial charge in [-0.1, -0.05) is 0 Å². The van der Waals surface area contributed by atoms with Crippen LogP contribution in [0.25, 0.3) is 0 Å². The number of hydrogen-bond acceptors (Lipinski definition) is 2. The first kappa shape index (κ1) is 7.02. The standard InChI is InChI=1S/C7H9N2O/c1-5(8)7(10)6-3-2-4-9-6/h2-5,9H,1,8H2. The number of H-pyrrole nitrogens is 1. The summed E-state index contributed by atoms with van der Waals surface area (Å²) in [6.07, 6.45) is 1.68. The van der Waals surface area contributed by atoms with E-state index in [1.807, 2.05) is 0 Å². The summed E-state index contributed by atoms with van der Waals surface area (Å²) < 4.78 is 0. The molecule has 1 aromatic heterocycles. The lowest BCUT2D eigenvalue weighted by Gasteiger charge is -1.99. The zero-order valence-corrected chi connectivity index (χ0v) is 5.50. The van der Waals surface area contributed by atoms with Crippen molar-refractivity contribution in [2.45, 2.75) is 6.04 Å². The summed E-state index contributed by atoms with van der Waals surface area (Å²) >= 11 is 0. The molecule has 3 nitrogen and oxygen atoms in total. The van der Waals surface area contributed by atoms with Crippen molar-refractivity contribution in [1.82, 2.24) is 4.98 Å². The van der Waals surface area contributed by atoms with Gasteiger partial charge in [0.05, 0.1) is 11.7 Å². The van der Waals surface area contributed by atoms with Gasteiger partial charge in [0.25, 0.3) is 0 Å². The Labute approximate surface area is 59.2 Å². The Bertz CT molecular complexity index is 214. The van der Waals surface area contributed by atoms with Crippen LogP contribution in [0.3, 0.4) is 0 Å². The number of nitrogens with two attached hydrogens (primary N) is 1. The first-order chi connectivity index (χ1) is 4.72. The lowest BCUT2D eigenvalue weighted by molar-refractivity contribution is 0.0972. The summed E-state index contributed by atoms with van der Waals surface area (Å²) in [4.78, 5) is 13.7. The highest BCUT2D eigenvalue weighted by atomic mass is 16.1. The van der Waals surface area contributed by atoms with Crippen molar-refractivity contribution in [3.8, 4) is 0 Å². The van der Waals surface area contributed by atoms with Crippen LogP contribution in [-0.4, -0.2) is 16.8 Å². The summed E-state index contributed by atoms with van der Waals surface area (Å²) in [6.45, 7) is 3.40. The van der Waals surface area contributed by atoms with Crippen LogP contribution in [0.4, 0.5) is 0 Å². The van der Waals surface area contributed by atoms with Gasteiger partial charge in [0, 0.05) is 6.20 Å². The molecule has 1 aromatic rings. The molecule has 0 aliphatic carbocycles. The lowest BCUT2D eigenvalue weighted by atomic mass is 10.2. The maximum absolute atomic E-state index is 11.0. The number of aromatic amines is 1. The van der Waals surface area contributed by atoms with E-state index < -0.39 is 6.04 Å². The third kappa shape index (κ3) is 1.25. The third-order valence-electron chi connectivity index (χ3n) is 1.20. The molecule has 53 valence electrons. The fourth-order valence-electron chi connectivity index (χ4n) is 0.683. The Morgan fingerprint density at radius 3 is 2.90 bits per heavy atom. The van der Waals surface area contributed by atoms with Gasteiger partial charge in [0.2, 0.25) is 0 Å². The van der Waals surface area contributed by atoms with Crippen molar-refractivity contribution in [2.75, 3.05) is 0 Å². The van der Waals surface area contributed by atoms with Crippen LogP contribution in [0, 0.1) is 6.92 Å².